The Bertz CT molecular complexity index is 1530. The summed E-state index contributed by atoms with van der Waals surface area (Å²) >= 11 is 0. The van der Waals surface area contributed by atoms with Gasteiger partial charge in [0.1, 0.15) is 0 Å². The fourth-order valence-corrected chi connectivity index (χ4v) is 6.44. The van der Waals surface area contributed by atoms with Crippen molar-refractivity contribution in [2.75, 3.05) is 86.5 Å². The number of hydrogen-bond acceptors (Lipinski definition) is 10. The third-order valence-electron chi connectivity index (χ3n) is 9.14. The van der Waals surface area contributed by atoms with E-state index in [1.54, 1.807) is 24.3 Å². The van der Waals surface area contributed by atoms with Crippen molar-refractivity contribution in [3.8, 4) is 11.4 Å². The number of carbonyl (C=O) groups is 2. The first-order valence-electron chi connectivity index (χ1n) is 16.1. The Morgan fingerprint density at radius 1 is 0.804 bits per heavy atom. The predicted molar refractivity (Wildman–Crippen MR) is 175 cm³/mol. The first-order valence-corrected chi connectivity index (χ1v) is 16.1. The van der Waals surface area contributed by atoms with Crippen LogP contribution < -0.4 is 20.4 Å². The molecule has 0 aliphatic carbocycles. The fourth-order valence-electron chi connectivity index (χ4n) is 6.44. The highest BCUT2D eigenvalue weighted by Gasteiger charge is 2.35. The number of fused-ring (bicyclic) bond motifs is 2. The molecule has 2 N–H and O–H groups in total. The molecule has 13 nitrogen and oxygen atoms in total. The zero-order valence-corrected chi connectivity index (χ0v) is 26.4. The molecule has 2 aromatic carbocycles. The minimum atomic E-state index is -0.376. The lowest BCUT2D eigenvalue weighted by Gasteiger charge is -2.35. The molecular formula is C33H41N9O4. The summed E-state index contributed by atoms with van der Waals surface area (Å²) in [4.78, 5) is 48.8. The van der Waals surface area contributed by atoms with Crippen molar-refractivity contribution in [2.45, 2.75) is 38.0 Å². The van der Waals surface area contributed by atoms with E-state index in [-0.39, 0.29) is 30.2 Å². The van der Waals surface area contributed by atoms with Crippen molar-refractivity contribution in [1.82, 2.24) is 24.8 Å². The van der Waals surface area contributed by atoms with Crippen LogP contribution in [0.2, 0.25) is 0 Å². The van der Waals surface area contributed by atoms with Gasteiger partial charge in [-0.2, -0.15) is 15.0 Å². The summed E-state index contributed by atoms with van der Waals surface area (Å²) in [5.41, 5.74) is 2.67. The molecule has 13 heteroatoms. The molecular weight excluding hydrogens is 586 g/mol. The van der Waals surface area contributed by atoms with Gasteiger partial charge in [-0.05, 0) is 75.3 Å². The smallest absolute Gasteiger partial charge is 0.323 e. The molecule has 2 bridgehead atoms. The van der Waals surface area contributed by atoms with Gasteiger partial charge in [0.15, 0.2) is 5.82 Å². The van der Waals surface area contributed by atoms with Crippen LogP contribution in [0.5, 0.6) is 0 Å². The molecule has 3 atom stereocenters. The summed E-state index contributed by atoms with van der Waals surface area (Å²) in [7, 11) is 2.06. The van der Waals surface area contributed by atoms with Gasteiger partial charge in [-0.3, -0.25) is 4.79 Å². The molecule has 4 fully saturated rings. The van der Waals surface area contributed by atoms with Gasteiger partial charge >= 0.3 is 6.03 Å². The molecule has 7 rings (SSSR count). The molecule has 0 radical (unpaired) electrons. The second-order valence-corrected chi connectivity index (χ2v) is 12.6. The number of benzene rings is 2. The number of nitrogens with one attached hydrogen (secondary N) is 2. The van der Waals surface area contributed by atoms with Crippen molar-refractivity contribution in [3.05, 3.63) is 54.1 Å². The van der Waals surface area contributed by atoms with E-state index in [1.807, 2.05) is 29.2 Å². The minimum absolute atomic E-state index is 0.0121. The van der Waals surface area contributed by atoms with Gasteiger partial charge in [0, 0.05) is 68.3 Å². The second-order valence-electron chi connectivity index (χ2n) is 12.6. The topological polar surface area (TPSA) is 128 Å². The van der Waals surface area contributed by atoms with Gasteiger partial charge in [-0.15, -0.1) is 0 Å². The molecule has 4 saturated heterocycles. The van der Waals surface area contributed by atoms with E-state index in [9.17, 15) is 9.59 Å². The monoisotopic (exact) mass is 627 g/mol. The summed E-state index contributed by atoms with van der Waals surface area (Å²) in [5.74, 6) is 1.90. The average Bonchev–Trinajstić information content (AvgIpc) is 3.42. The molecule has 5 heterocycles. The Labute approximate surface area is 268 Å². The van der Waals surface area contributed by atoms with Crippen LogP contribution in [-0.4, -0.2) is 121 Å². The van der Waals surface area contributed by atoms with E-state index in [4.69, 9.17) is 24.4 Å². The van der Waals surface area contributed by atoms with Crippen LogP contribution in [0.4, 0.5) is 28.1 Å². The molecule has 0 spiro atoms. The van der Waals surface area contributed by atoms with Gasteiger partial charge in [-0.25, -0.2) is 4.79 Å². The van der Waals surface area contributed by atoms with Crippen LogP contribution in [0.25, 0.3) is 11.4 Å². The molecule has 46 heavy (non-hydrogen) atoms. The summed E-state index contributed by atoms with van der Waals surface area (Å²) in [6.07, 6.45) is 2.56. The van der Waals surface area contributed by atoms with Crippen molar-refractivity contribution in [1.29, 1.82) is 0 Å². The summed E-state index contributed by atoms with van der Waals surface area (Å²) < 4.78 is 11.7. The van der Waals surface area contributed by atoms with Gasteiger partial charge in [0.25, 0.3) is 5.91 Å². The maximum atomic E-state index is 12.8. The van der Waals surface area contributed by atoms with Gasteiger partial charge in [0.05, 0.1) is 31.5 Å². The van der Waals surface area contributed by atoms with Crippen LogP contribution in [0, 0.1) is 0 Å². The Hall–Kier alpha value is -4.33. The molecule has 3 amide bonds. The van der Waals surface area contributed by atoms with E-state index in [1.165, 1.54) is 0 Å². The lowest BCUT2D eigenvalue weighted by molar-refractivity contribution is 0.0299. The van der Waals surface area contributed by atoms with Crippen LogP contribution >= 0.6 is 0 Å². The largest absolute Gasteiger partial charge is 0.377 e. The number of carbonyl (C=O) groups excluding carboxylic acids is 2. The van der Waals surface area contributed by atoms with Crippen LogP contribution in [0.15, 0.2) is 48.5 Å². The Morgan fingerprint density at radius 2 is 1.43 bits per heavy atom. The number of urea groups is 1. The van der Waals surface area contributed by atoms with E-state index >= 15 is 0 Å². The van der Waals surface area contributed by atoms with E-state index in [2.05, 4.69) is 39.3 Å². The number of aromatic nitrogens is 3. The maximum absolute atomic E-state index is 12.8. The first-order chi connectivity index (χ1) is 22.4. The molecule has 4 aliphatic rings. The quantitative estimate of drug-likeness (QED) is 0.421. The lowest BCUT2D eigenvalue weighted by Crippen LogP contribution is -2.47. The number of anilines is 4. The Kier molecular flexibility index (Phi) is 8.69. The number of amides is 3. The zero-order valence-electron chi connectivity index (χ0n) is 26.4. The Balaban J connectivity index is 1.02. The van der Waals surface area contributed by atoms with E-state index < -0.39 is 0 Å². The number of ether oxygens (including phenoxy) is 2. The number of piperazine rings is 1. The summed E-state index contributed by atoms with van der Waals surface area (Å²) in [5, 5.41) is 5.73. The van der Waals surface area contributed by atoms with Crippen molar-refractivity contribution in [2.24, 2.45) is 0 Å². The van der Waals surface area contributed by atoms with Crippen LogP contribution in [0.3, 0.4) is 0 Å². The highest BCUT2D eigenvalue weighted by atomic mass is 16.5. The van der Waals surface area contributed by atoms with Crippen molar-refractivity contribution < 1.29 is 19.1 Å². The normalized spacial score (nSPS) is 23.3. The first kappa shape index (κ1) is 30.3. The number of nitrogens with zero attached hydrogens (tertiary/aromatic N) is 7. The van der Waals surface area contributed by atoms with Crippen molar-refractivity contribution >= 4 is 35.2 Å². The third-order valence-corrected chi connectivity index (χ3v) is 9.14. The molecule has 1 aromatic heterocycles. The molecule has 242 valence electrons. The van der Waals surface area contributed by atoms with Gasteiger partial charge in [-0.1, -0.05) is 0 Å². The number of rotatable bonds is 6. The number of morpholine rings is 2. The highest BCUT2D eigenvalue weighted by Crippen LogP contribution is 2.31. The molecule has 2 unspecified atom stereocenters. The average molecular weight is 628 g/mol. The van der Waals surface area contributed by atoms with E-state index in [0.29, 0.717) is 67.5 Å². The number of likely N-dealkylation sites (N-methyl/N-ethyl adjacent to an activating group) is 1. The Morgan fingerprint density at radius 3 is 2.09 bits per heavy atom. The van der Waals surface area contributed by atoms with Crippen LogP contribution in [0.1, 0.15) is 30.1 Å². The van der Waals surface area contributed by atoms with Gasteiger partial charge in [0.2, 0.25) is 11.9 Å². The minimum Gasteiger partial charge on any atom is -0.377 e. The predicted octanol–water partition coefficient (Wildman–Crippen LogP) is 3.16. The molecule has 3 aromatic rings. The third kappa shape index (κ3) is 6.76. The SMILES string of the molecule is C[C@H]1COCCN1c1nc(-c2ccc(NC(=O)Nc3ccc(C(=O)N4CCN(C)CC4)cc3)cc2)nc(N2CC3CCC(C2)O3)n1. The number of hydrogen-bond donors (Lipinski definition) is 2. The molecule has 0 saturated carbocycles. The fraction of sp³-hybridized carbons (Fsp3) is 0.485. The van der Waals surface area contributed by atoms with E-state index in [0.717, 1.165) is 44.6 Å². The lowest BCUT2D eigenvalue weighted by atomic mass is 10.1. The maximum Gasteiger partial charge on any atom is 0.323 e. The molecule has 4 aliphatic heterocycles. The van der Waals surface area contributed by atoms with Crippen LogP contribution in [-0.2, 0) is 9.47 Å². The highest BCUT2D eigenvalue weighted by molar-refractivity contribution is 6.00. The van der Waals surface area contributed by atoms with Crippen molar-refractivity contribution in [3.63, 3.8) is 0 Å². The second kappa shape index (κ2) is 13.2. The summed E-state index contributed by atoms with van der Waals surface area (Å²) in [6.45, 7) is 8.79. The standard InChI is InChI=1S/C33H41N9O4/c1-22-21-45-18-17-42(22)32-37-29(36-31(38-32)41-19-27-11-12-28(20-41)46-27)23-3-7-25(8-4-23)34-33(44)35-26-9-5-24(6-10-26)30(43)40-15-13-39(2)14-16-40/h3-10,22,27-28H,11-21H2,1-2H3,(H2,34,35,44)/t22-,27?,28?/m0/s1. The summed E-state index contributed by atoms with van der Waals surface area (Å²) in [6, 6.07) is 14.3. The van der Waals surface area contributed by atoms with Gasteiger partial charge < -0.3 is 39.7 Å². The zero-order chi connectivity index (χ0) is 31.6.